The van der Waals surface area contributed by atoms with Crippen LogP contribution >= 0.6 is 0 Å². The van der Waals surface area contributed by atoms with Gasteiger partial charge in [0.15, 0.2) is 0 Å². The van der Waals surface area contributed by atoms with E-state index in [2.05, 4.69) is 10.3 Å². The number of nitrogens with one attached hydrogen (secondary N) is 1. The van der Waals surface area contributed by atoms with Crippen molar-refractivity contribution in [3.8, 4) is 0 Å². The fourth-order valence-electron chi connectivity index (χ4n) is 1.43. The summed E-state index contributed by atoms with van der Waals surface area (Å²) in [7, 11) is 0. The quantitative estimate of drug-likeness (QED) is 0.563. The molecule has 20 heavy (non-hydrogen) atoms. The van der Waals surface area contributed by atoms with Crippen LogP contribution in [0.1, 0.15) is 12.8 Å². The maximum absolute atomic E-state index is 11.6. The lowest BCUT2D eigenvalue weighted by Crippen LogP contribution is -2.43. The number of carbonyl (C=O) groups is 3. The van der Waals surface area contributed by atoms with E-state index in [0.29, 0.717) is 0 Å². The molecule has 0 fully saturated rings. The summed E-state index contributed by atoms with van der Waals surface area (Å²) in [6.07, 6.45) is 1.98. The highest BCUT2D eigenvalue weighted by molar-refractivity contribution is 5.83. The molecule has 1 aromatic rings. The number of carboxylic acid groups (broad SMARTS) is 2. The average molecular weight is 283 g/mol. The van der Waals surface area contributed by atoms with Crippen molar-refractivity contribution in [2.75, 3.05) is 0 Å². The first-order valence-electron chi connectivity index (χ1n) is 5.65. The lowest BCUT2D eigenvalue weighted by molar-refractivity contribution is -0.143. The number of hydrogen-bond acceptors (Lipinski definition) is 5. The van der Waals surface area contributed by atoms with Crippen molar-refractivity contribution in [2.24, 2.45) is 0 Å². The second-order valence-corrected chi connectivity index (χ2v) is 3.92. The van der Waals surface area contributed by atoms with Gasteiger partial charge < -0.3 is 15.5 Å². The molecule has 0 saturated heterocycles. The third-order valence-electron chi connectivity index (χ3n) is 2.38. The van der Waals surface area contributed by atoms with Crippen LogP contribution in [0, 0.1) is 0 Å². The van der Waals surface area contributed by atoms with Crippen molar-refractivity contribution in [2.45, 2.75) is 25.4 Å². The second-order valence-electron chi connectivity index (χ2n) is 3.92. The van der Waals surface area contributed by atoms with E-state index < -0.39 is 29.6 Å². The zero-order valence-electron chi connectivity index (χ0n) is 10.4. The highest BCUT2D eigenvalue weighted by Gasteiger charge is 2.21. The van der Waals surface area contributed by atoms with Crippen LogP contribution in [0.5, 0.6) is 0 Å². The molecule has 9 nitrogen and oxygen atoms in total. The largest absolute Gasteiger partial charge is 0.481 e. The molecule has 0 radical (unpaired) electrons. The number of carbonyl (C=O) groups excluding carboxylic acids is 1. The van der Waals surface area contributed by atoms with E-state index in [1.165, 1.54) is 18.5 Å². The number of aliphatic carboxylic acids is 2. The van der Waals surface area contributed by atoms with Crippen molar-refractivity contribution >= 4 is 17.8 Å². The predicted molar refractivity (Wildman–Crippen MR) is 64.9 cm³/mol. The summed E-state index contributed by atoms with van der Waals surface area (Å²) < 4.78 is 1.01. The first kappa shape index (κ1) is 15.3. The number of amides is 1. The first-order valence-corrected chi connectivity index (χ1v) is 5.65. The van der Waals surface area contributed by atoms with Gasteiger partial charge in [0.2, 0.25) is 5.91 Å². The minimum absolute atomic E-state index is 0.238. The summed E-state index contributed by atoms with van der Waals surface area (Å²) in [5, 5.41) is 19.5. The number of nitrogens with zero attached hydrogens (tertiary/aromatic N) is 2. The molecule has 0 aliphatic rings. The van der Waals surface area contributed by atoms with Crippen molar-refractivity contribution in [1.82, 2.24) is 14.9 Å². The van der Waals surface area contributed by atoms with Crippen molar-refractivity contribution in [3.05, 3.63) is 28.9 Å². The summed E-state index contributed by atoms with van der Waals surface area (Å²) in [5.74, 6) is -3.20. The Hall–Kier alpha value is -2.71. The molecule has 1 heterocycles. The molecule has 1 aromatic heterocycles. The topological polar surface area (TPSA) is 139 Å². The van der Waals surface area contributed by atoms with E-state index in [9.17, 15) is 19.2 Å². The smallest absolute Gasteiger partial charge is 0.347 e. The lowest BCUT2D eigenvalue weighted by Gasteiger charge is -2.13. The van der Waals surface area contributed by atoms with E-state index in [1.54, 1.807) is 0 Å². The molecular weight excluding hydrogens is 270 g/mol. The SMILES string of the molecule is O=C(O)CC[C@H](NC(=O)Cn1cccnc1=O)C(=O)O. The van der Waals surface area contributed by atoms with Gasteiger partial charge in [-0.1, -0.05) is 0 Å². The monoisotopic (exact) mass is 283 g/mol. The first-order chi connectivity index (χ1) is 9.40. The molecule has 0 unspecified atom stereocenters. The summed E-state index contributed by atoms with van der Waals surface area (Å²) >= 11 is 0. The molecule has 0 spiro atoms. The molecule has 108 valence electrons. The molecule has 9 heteroatoms. The van der Waals surface area contributed by atoms with E-state index in [1.807, 2.05) is 0 Å². The van der Waals surface area contributed by atoms with Crippen LogP contribution in [0.25, 0.3) is 0 Å². The molecule has 0 aliphatic carbocycles. The van der Waals surface area contributed by atoms with Crippen molar-refractivity contribution < 1.29 is 24.6 Å². The Balaban J connectivity index is 2.63. The zero-order chi connectivity index (χ0) is 15.1. The number of aromatic nitrogens is 2. The van der Waals surface area contributed by atoms with Crippen LogP contribution < -0.4 is 11.0 Å². The standard InChI is InChI=1S/C11H13N3O6/c15-8(6-14-5-1-4-12-11(14)20)13-7(10(18)19)2-3-9(16)17/h1,4-5,7H,2-3,6H2,(H,13,15)(H,16,17)(H,18,19)/t7-/m0/s1. The number of rotatable bonds is 7. The van der Waals surface area contributed by atoms with E-state index >= 15 is 0 Å². The number of hydrogen-bond donors (Lipinski definition) is 3. The van der Waals surface area contributed by atoms with Crippen LogP contribution in [0.2, 0.25) is 0 Å². The van der Waals surface area contributed by atoms with Gasteiger partial charge in [-0.25, -0.2) is 14.6 Å². The Bertz CT molecular complexity index is 567. The Labute approximate surface area is 112 Å². The Morgan fingerprint density at radius 3 is 2.60 bits per heavy atom. The van der Waals surface area contributed by atoms with Gasteiger partial charge in [0.25, 0.3) is 0 Å². The van der Waals surface area contributed by atoms with Gasteiger partial charge in [0.05, 0.1) is 0 Å². The molecular formula is C11H13N3O6. The predicted octanol–water partition coefficient (Wildman–Crippen LogP) is -1.32. The average Bonchev–Trinajstić information content (AvgIpc) is 2.36. The summed E-state index contributed by atoms with van der Waals surface area (Å²) in [6, 6.07) is 0.138. The summed E-state index contributed by atoms with van der Waals surface area (Å²) in [4.78, 5) is 47.6. The molecule has 0 aromatic carbocycles. The van der Waals surface area contributed by atoms with Gasteiger partial charge in [-0.2, -0.15) is 0 Å². The molecule has 1 rings (SSSR count). The van der Waals surface area contributed by atoms with Crippen LogP contribution in [0.15, 0.2) is 23.3 Å². The van der Waals surface area contributed by atoms with Gasteiger partial charge in [-0.15, -0.1) is 0 Å². The minimum atomic E-state index is -1.34. The minimum Gasteiger partial charge on any atom is -0.481 e. The Morgan fingerprint density at radius 1 is 1.35 bits per heavy atom. The van der Waals surface area contributed by atoms with Gasteiger partial charge in [0, 0.05) is 18.8 Å². The van der Waals surface area contributed by atoms with Crippen LogP contribution in [-0.2, 0) is 20.9 Å². The molecule has 1 amide bonds. The third-order valence-corrected chi connectivity index (χ3v) is 2.38. The highest BCUT2D eigenvalue weighted by atomic mass is 16.4. The third kappa shape index (κ3) is 4.88. The van der Waals surface area contributed by atoms with E-state index in [-0.39, 0.29) is 19.4 Å². The molecule has 0 bridgehead atoms. The highest BCUT2D eigenvalue weighted by Crippen LogP contribution is 1.98. The van der Waals surface area contributed by atoms with E-state index in [0.717, 1.165) is 4.57 Å². The van der Waals surface area contributed by atoms with Crippen LogP contribution in [-0.4, -0.2) is 43.7 Å². The van der Waals surface area contributed by atoms with Crippen molar-refractivity contribution in [1.29, 1.82) is 0 Å². The normalized spacial score (nSPS) is 11.6. The van der Waals surface area contributed by atoms with Gasteiger partial charge >= 0.3 is 17.6 Å². The molecule has 0 aliphatic heterocycles. The van der Waals surface area contributed by atoms with Crippen LogP contribution in [0.3, 0.4) is 0 Å². The Morgan fingerprint density at radius 2 is 2.05 bits per heavy atom. The van der Waals surface area contributed by atoms with Crippen LogP contribution in [0.4, 0.5) is 0 Å². The summed E-state index contributed by atoms with van der Waals surface area (Å²) in [5.41, 5.74) is -0.639. The van der Waals surface area contributed by atoms with Gasteiger partial charge in [0.1, 0.15) is 12.6 Å². The molecule has 0 saturated carbocycles. The van der Waals surface area contributed by atoms with Crippen molar-refractivity contribution in [3.63, 3.8) is 0 Å². The lowest BCUT2D eigenvalue weighted by atomic mass is 10.1. The Kier molecular flexibility index (Phi) is 5.39. The second kappa shape index (κ2) is 7.02. The fraction of sp³-hybridized carbons (Fsp3) is 0.364. The number of carboxylic acids is 2. The molecule has 3 N–H and O–H groups in total. The zero-order valence-corrected chi connectivity index (χ0v) is 10.4. The fourth-order valence-corrected chi connectivity index (χ4v) is 1.43. The van der Waals surface area contributed by atoms with Gasteiger partial charge in [-0.3, -0.25) is 14.2 Å². The van der Waals surface area contributed by atoms with Gasteiger partial charge in [-0.05, 0) is 12.5 Å². The maximum Gasteiger partial charge on any atom is 0.347 e. The van der Waals surface area contributed by atoms with E-state index in [4.69, 9.17) is 10.2 Å². The maximum atomic E-state index is 11.6. The molecule has 1 atom stereocenters. The summed E-state index contributed by atoms with van der Waals surface area (Å²) in [6.45, 7) is -0.385.